The molecule has 1 amide bonds. The minimum Gasteiger partial charge on any atom is -0.388 e. The van der Waals surface area contributed by atoms with Gasteiger partial charge in [0.15, 0.2) is 5.82 Å². The number of rotatable bonds is 6. The molecule has 0 saturated heterocycles. The lowest BCUT2D eigenvalue weighted by molar-refractivity contribution is -0.122. The summed E-state index contributed by atoms with van der Waals surface area (Å²) in [4.78, 5) is 16.0. The number of ether oxygens (including phenoxy) is 1. The molecule has 0 bridgehead atoms. The van der Waals surface area contributed by atoms with Gasteiger partial charge in [-0.3, -0.25) is 4.79 Å². The number of methoxy groups -OCH3 is 1. The Morgan fingerprint density at radius 3 is 2.95 bits per heavy atom. The number of nitrogens with zero attached hydrogens (tertiary/aromatic N) is 2. The van der Waals surface area contributed by atoms with Crippen molar-refractivity contribution in [3.05, 3.63) is 11.7 Å². The molecule has 112 valence electrons. The van der Waals surface area contributed by atoms with Crippen LogP contribution in [0.25, 0.3) is 0 Å². The third kappa shape index (κ3) is 3.55. The Hall–Kier alpha value is -1.47. The monoisotopic (exact) mass is 283 g/mol. The minimum atomic E-state index is -0.640. The van der Waals surface area contributed by atoms with Crippen LogP contribution in [-0.4, -0.2) is 46.5 Å². The second-order valence-electron chi connectivity index (χ2n) is 4.97. The average Bonchev–Trinajstić information content (AvgIpc) is 3.04. The van der Waals surface area contributed by atoms with E-state index in [1.54, 1.807) is 7.11 Å². The lowest BCUT2D eigenvalue weighted by atomic mass is 10.2. The van der Waals surface area contributed by atoms with E-state index in [2.05, 4.69) is 15.5 Å². The van der Waals surface area contributed by atoms with Gasteiger partial charge in [0.05, 0.1) is 12.1 Å². The Balaban J connectivity index is 1.75. The van der Waals surface area contributed by atoms with Crippen molar-refractivity contribution >= 4 is 5.91 Å². The summed E-state index contributed by atoms with van der Waals surface area (Å²) in [5.41, 5.74) is 0. The van der Waals surface area contributed by atoms with Crippen molar-refractivity contribution in [2.75, 3.05) is 7.11 Å². The van der Waals surface area contributed by atoms with Crippen LogP contribution in [0.1, 0.15) is 37.9 Å². The summed E-state index contributed by atoms with van der Waals surface area (Å²) < 4.78 is 10.2. The smallest absolute Gasteiger partial charge is 0.227 e. The first-order chi connectivity index (χ1) is 9.63. The van der Waals surface area contributed by atoms with Crippen LogP contribution in [0.3, 0.4) is 0 Å². The Morgan fingerprint density at radius 1 is 1.55 bits per heavy atom. The molecule has 0 spiro atoms. The standard InChI is InChI=1S/C13H21N3O4/c1-3-10-15-12(20-16-10)7-6-11(17)14-8-4-5-9(19-2)13(8)18/h8-9,13,18H,3-7H2,1-2H3,(H,14,17)/t8-,9-,13-/m1/s1. The summed E-state index contributed by atoms with van der Waals surface area (Å²) >= 11 is 0. The molecule has 1 fully saturated rings. The maximum atomic E-state index is 11.8. The predicted molar refractivity (Wildman–Crippen MR) is 70.0 cm³/mol. The van der Waals surface area contributed by atoms with Crippen molar-refractivity contribution in [2.45, 2.75) is 57.3 Å². The topological polar surface area (TPSA) is 97.5 Å². The van der Waals surface area contributed by atoms with Crippen LogP contribution < -0.4 is 5.32 Å². The minimum absolute atomic E-state index is 0.123. The zero-order valence-electron chi connectivity index (χ0n) is 11.8. The van der Waals surface area contributed by atoms with Gasteiger partial charge in [0.25, 0.3) is 0 Å². The molecule has 1 heterocycles. The third-order valence-corrected chi connectivity index (χ3v) is 3.60. The molecule has 1 aromatic heterocycles. The molecule has 7 nitrogen and oxygen atoms in total. The molecule has 1 aliphatic rings. The van der Waals surface area contributed by atoms with E-state index in [4.69, 9.17) is 9.26 Å². The summed E-state index contributed by atoms with van der Waals surface area (Å²) in [7, 11) is 1.57. The molecule has 0 radical (unpaired) electrons. The van der Waals surface area contributed by atoms with Gasteiger partial charge in [-0.05, 0) is 12.8 Å². The number of hydrogen-bond acceptors (Lipinski definition) is 6. The van der Waals surface area contributed by atoms with Gasteiger partial charge in [0, 0.05) is 26.4 Å². The molecular weight excluding hydrogens is 262 g/mol. The summed E-state index contributed by atoms with van der Waals surface area (Å²) in [5.74, 6) is 0.996. The number of aliphatic hydroxyl groups excluding tert-OH is 1. The fraction of sp³-hybridized carbons (Fsp3) is 0.769. The van der Waals surface area contributed by atoms with Crippen LogP contribution in [0.4, 0.5) is 0 Å². The number of aromatic nitrogens is 2. The van der Waals surface area contributed by atoms with E-state index >= 15 is 0 Å². The molecule has 7 heteroatoms. The SMILES string of the molecule is CCc1noc(CCC(=O)N[C@@H]2CC[C@@H](OC)[C@@H]2O)n1. The zero-order valence-corrected chi connectivity index (χ0v) is 11.8. The van der Waals surface area contributed by atoms with Gasteiger partial charge in [0.1, 0.15) is 6.10 Å². The van der Waals surface area contributed by atoms with Crippen LogP contribution in [0.15, 0.2) is 4.52 Å². The number of aryl methyl sites for hydroxylation is 2. The van der Waals surface area contributed by atoms with E-state index in [0.29, 0.717) is 24.6 Å². The van der Waals surface area contributed by atoms with Crippen molar-refractivity contribution in [2.24, 2.45) is 0 Å². The van der Waals surface area contributed by atoms with E-state index in [1.807, 2.05) is 6.92 Å². The van der Waals surface area contributed by atoms with E-state index in [1.165, 1.54) is 0 Å². The van der Waals surface area contributed by atoms with E-state index < -0.39 is 6.10 Å². The number of carbonyl (C=O) groups excluding carboxylic acids is 1. The number of aliphatic hydroxyl groups is 1. The Bertz CT molecular complexity index is 449. The predicted octanol–water partition coefficient (Wildman–Crippen LogP) is 0.219. The first kappa shape index (κ1) is 14.9. The highest BCUT2D eigenvalue weighted by Crippen LogP contribution is 2.22. The van der Waals surface area contributed by atoms with Crippen molar-refractivity contribution in [3.63, 3.8) is 0 Å². The lowest BCUT2D eigenvalue weighted by Crippen LogP contribution is -2.43. The molecule has 0 aliphatic heterocycles. The summed E-state index contributed by atoms with van der Waals surface area (Å²) in [6.07, 6.45) is 2.05. The number of amides is 1. The largest absolute Gasteiger partial charge is 0.388 e. The summed E-state index contributed by atoms with van der Waals surface area (Å²) in [6, 6.07) is -0.235. The van der Waals surface area contributed by atoms with Crippen LogP contribution in [-0.2, 0) is 22.4 Å². The highest BCUT2D eigenvalue weighted by molar-refractivity contribution is 5.76. The fourth-order valence-corrected chi connectivity index (χ4v) is 2.39. The number of hydrogen-bond donors (Lipinski definition) is 2. The second kappa shape index (κ2) is 6.81. The van der Waals surface area contributed by atoms with Crippen molar-refractivity contribution in [1.82, 2.24) is 15.5 Å². The van der Waals surface area contributed by atoms with Crippen LogP contribution in [0.2, 0.25) is 0 Å². The van der Waals surface area contributed by atoms with Crippen molar-refractivity contribution < 1.29 is 19.2 Å². The molecule has 3 atom stereocenters. The quantitative estimate of drug-likeness (QED) is 0.775. The maximum absolute atomic E-state index is 11.8. The first-order valence-corrected chi connectivity index (χ1v) is 6.95. The second-order valence-corrected chi connectivity index (χ2v) is 4.97. The van der Waals surface area contributed by atoms with Crippen molar-refractivity contribution in [1.29, 1.82) is 0 Å². The van der Waals surface area contributed by atoms with E-state index in [-0.39, 0.29) is 24.5 Å². The normalized spacial score (nSPS) is 25.9. The Labute approximate surface area is 117 Å². The Kier molecular flexibility index (Phi) is 5.08. The Morgan fingerprint density at radius 2 is 2.35 bits per heavy atom. The van der Waals surface area contributed by atoms with Gasteiger partial charge in [-0.15, -0.1) is 0 Å². The summed E-state index contributed by atoms with van der Waals surface area (Å²) in [5, 5.41) is 16.5. The number of nitrogens with one attached hydrogen (secondary N) is 1. The molecule has 1 saturated carbocycles. The highest BCUT2D eigenvalue weighted by atomic mass is 16.5. The average molecular weight is 283 g/mol. The molecular formula is C13H21N3O4. The van der Waals surface area contributed by atoms with E-state index in [0.717, 1.165) is 12.8 Å². The fourth-order valence-electron chi connectivity index (χ4n) is 2.39. The molecule has 0 unspecified atom stereocenters. The van der Waals surface area contributed by atoms with Gasteiger partial charge >= 0.3 is 0 Å². The van der Waals surface area contributed by atoms with Gasteiger partial charge < -0.3 is 19.7 Å². The van der Waals surface area contributed by atoms with Gasteiger partial charge in [-0.2, -0.15) is 4.98 Å². The molecule has 20 heavy (non-hydrogen) atoms. The molecule has 0 aromatic carbocycles. The molecule has 1 aromatic rings. The van der Waals surface area contributed by atoms with E-state index in [9.17, 15) is 9.90 Å². The van der Waals surface area contributed by atoms with Crippen LogP contribution in [0, 0.1) is 0 Å². The van der Waals surface area contributed by atoms with Crippen molar-refractivity contribution in [3.8, 4) is 0 Å². The van der Waals surface area contributed by atoms with Crippen LogP contribution >= 0.6 is 0 Å². The number of carbonyl (C=O) groups is 1. The lowest BCUT2D eigenvalue weighted by Gasteiger charge is -2.19. The van der Waals surface area contributed by atoms with Gasteiger partial charge in [-0.1, -0.05) is 12.1 Å². The third-order valence-electron chi connectivity index (χ3n) is 3.60. The highest BCUT2D eigenvalue weighted by Gasteiger charge is 2.35. The van der Waals surface area contributed by atoms with Crippen LogP contribution in [0.5, 0.6) is 0 Å². The zero-order chi connectivity index (χ0) is 14.5. The molecule has 1 aliphatic carbocycles. The molecule has 2 rings (SSSR count). The maximum Gasteiger partial charge on any atom is 0.227 e. The molecule has 2 N–H and O–H groups in total. The first-order valence-electron chi connectivity index (χ1n) is 6.95. The van der Waals surface area contributed by atoms with Gasteiger partial charge in [-0.25, -0.2) is 0 Å². The summed E-state index contributed by atoms with van der Waals surface area (Å²) in [6.45, 7) is 1.94. The van der Waals surface area contributed by atoms with Gasteiger partial charge in [0.2, 0.25) is 11.8 Å².